The van der Waals surface area contributed by atoms with Crippen molar-refractivity contribution in [2.24, 2.45) is 11.8 Å². The van der Waals surface area contributed by atoms with Crippen molar-refractivity contribution in [3.63, 3.8) is 0 Å². The molecule has 1 aliphatic rings. The summed E-state index contributed by atoms with van der Waals surface area (Å²) in [6.07, 6.45) is 1.99. The maximum absolute atomic E-state index is 11.4. The van der Waals surface area contributed by atoms with E-state index in [2.05, 4.69) is 5.32 Å². The smallest absolute Gasteiger partial charge is 0.407 e. The molecular weight excluding hydrogens is 222 g/mol. The summed E-state index contributed by atoms with van der Waals surface area (Å²) >= 11 is 0. The summed E-state index contributed by atoms with van der Waals surface area (Å²) < 4.78 is 5.10. The van der Waals surface area contributed by atoms with E-state index in [0.717, 1.165) is 12.8 Å². The van der Waals surface area contributed by atoms with E-state index in [9.17, 15) is 9.59 Å². The first-order chi connectivity index (χ1) is 7.79. The van der Waals surface area contributed by atoms with Crippen LogP contribution >= 0.6 is 0 Å². The molecule has 17 heavy (non-hydrogen) atoms. The minimum atomic E-state index is -0.765. The minimum absolute atomic E-state index is 0.0278. The average Bonchev–Trinajstić information content (AvgIpc) is 2.59. The lowest BCUT2D eigenvalue weighted by Crippen LogP contribution is -2.37. The van der Waals surface area contributed by atoms with E-state index in [1.54, 1.807) is 20.8 Å². The molecule has 2 atom stereocenters. The van der Waals surface area contributed by atoms with Gasteiger partial charge in [-0.3, -0.25) is 4.79 Å². The number of aliphatic carboxylic acids is 1. The molecule has 1 rings (SSSR count). The highest BCUT2D eigenvalue weighted by Crippen LogP contribution is 2.31. The number of ether oxygens (including phenoxy) is 1. The number of carboxylic acids is 1. The molecule has 5 nitrogen and oxygen atoms in total. The van der Waals surface area contributed by atoms with Gasteiger partial charge in [0.15, 0.2) is 0 Å². The lowest BCUT2D eigenvalue weighted by atomic mass is 9.96. The van der Waals surface area contributed by atoms with Crippen LogP contribution in [0.3, 0.4) is 0 Å². The molecule has 1 amide bonds. The summed E-state index contributed by atoms with van der Waals surface area (Å²) in [5.41, 5.74) is -0.522. The van der Waals surface area contributed by atoms with E-state index >= 15 is 0 Å². The monoisotopic (exact) mass is 243 g/mol. The Morgan fingerprint density at radius 2 is 2.00 bits per heavy atom. The Morgan fingerprint density at radius 1 is 1.35 bits per heavy atom. The first-order valence-electron chi connectivity index (χ1n) is 5.99. The van der Waals surface area contributed by atoms with Gasteiger partial charge in [0.2, 0.25) is 0 Å². The Morgan fingerprint density at radius 3 is 2.53 bits per heavy atom. The Labute approximate surface area is 102 Å². The van der Waals surface area contributed by atoms with Crippen LogP contribution in [-0.4, -0.2) is 29.3 Å². The van der Waals surface area contributed by atoms with Crippen molar-refractivity contribution in [2.75, 3.05) is 6.54 Å². The van der Waals surface area contributed by atoms with Crippen LogP contribution in [0.2, 0.25) is 0 Å². The number of hydrogen-bond donors (Lipinski definition) is 2. The third-order valence-electron chi connectivity index (χ3n) is 2.88. The van der Waals surface area contributed by atoms with Crippen LogP contribution in [0, 0.1) is 11.8 Å². The molecule has 1 fully saturated rings. The highest BCUT2D eigenvalue weighted by molar-refractivity contribution is 5.71. The maximum Gasteiger partial charge on any atom is 0.407 e. The van der Waals surface area contributed by atoms with Crippen LogP contribution in [0.4, 0.5) is 4.79 Å². The van der Waals surface area contributed by atoms with E-state index in [1.807, 2.05) is 0 Å². The quantitative estimate of drug-likeness (QED) is 0.795. The second-order valence-corrected chi connectivity index (χ2v) is 5.52. The van der Waals surface area contributed by atoms with Gasteiger partial charge in [-0.15, -0.1) is 0 Å². The van der Waals surface area contributed by atoms with Gasteiger partial charge in [0.1, 0.15) is 5.60 Å². The van der Waals surface area contributed by atoms with Crippen LogP contribution < -0.4 is 5.32 Å². The molecule has 98 valence electrons. The van der Waals surface area contributed by atoms with Crippen molar-refractivity contribution in [3.8, 4) is 0 Å². The second kappa shape index (κ2) is 5.38. The fourth-order valence-corrected chi connectivity index (χ4v) is 2.13. The molecule has 0 saturated heterocycles. The first-order valence-corrected chi connectivity index (χ1v) is 5.99. The average molecular weight is 243 g/mol. The fraction of sp³-hybridized carbons (Fsp3) is 0.833. The fourth-order valence-electron chi connectivity index (χ4n) is 2.13. The molecule has 2 N–H and O–H groups in total. The molecule has 0 unspecified atom stereocenters. The number of amides is 1. The van der Waals surface area contributed by atoms with Crippen molar-refractivity contribution in [3.05, 3.63) is 0 Å². The summed E-state index contributed by atoms with van der Waals surface area (Å²) in [5.74, 6) is -1.07. The van der Waals surface area contributed by atoms with E-state index in [0.29, 0.717) is 13.0 Å². The number of nitrogens with one attached hydrogen (secondary N) is 1. The van der Waals surface area contributed by atoms with Gasteiger partial charge in [0, 0.05) is 6.54 Å². The molecular formula is C12H21NO4. The first kappa shape index (κ1) is 13.8. The molecule has 0 spiro atoms. The van der Waals surface area contributed by atoms with Gasteiger partial charge in [-0.2, -0.15) is 0 Å². The SMILES string of the molecule is CC(C)(C)OC(=O)NC[C@H]1CCC[C@@H]1C(=O)O. The molecule has 0 aromatic rings. The van der Waals surface area contributed by atoms with Gasteiger partial charge in [0.05, 0.1) is 5.92 Å². The molecule has 1 saturated carbocycles. The van der Waals surface area contributed by atoms with E-state index in [4.69, 9.17) is 9.84 Å². The number of carbonyl (C=O) groups excluding carboxylic acids is 1. The molecule has 0 aromatic carbocycles. The Balaban J connectivity index is 2.35. The zero-order valence-electron chi connectivity index (χ0n) is 10.7. The Bertz CT molecular complexity index is 295. The summed E-state index contributed by atoms with van der Waals surface area (Å²) in [5, 5.41) is 11.6. The van der Waals surface area contributed by atoms with Crippen LogP contribution in [-0.2, 0) is 9.53 Å². The minimum Gasteiger partial charge on any atom is -0.481 e. The van der Waals surface area contributed by atoms with E-state index in [-0.39, 0.29) is 11.8 Å². The van der Waals surface area contributed by atoms with Crippen molar-refractivity contribution in [2.45, 2.75) is 45.6 Å². The van der Waals surface area contributed by atoms with E-state index in [1.165, 1.54) is 0 Å². The summed E-state index contributed by atoms with van der Waals surface area (Å²) in [7, 11) is 0. The third-order valence-corrected chi connectivity index (χ3v) is 2.88. The predicted molar refractivity (Wildman–Crippen MR) is 62.7 cm³/mol. The standard InChI is InChI=1S/C12H21NO4/c1-12(2,3)17-11(16)13-7-8-5-4-6-9(8)10(14)15/h8-9H,4-7H2,1-3H3,(H,13,16)(H,14,15)/t8-,9+/m1/s1. The summed E-state index contributed by atoms with van der Waals surface area (Å²) in [4.78, 5) is 22.4. The molecule has 0 heterocycles. The number of carboxylic acid groups (broad SMARTS) is 1. The molecule has 0 radical (unpaired) electrons. The summed E-state index contributed by atoms with van der Waals surface area (Å²) in [6.45, 7) is 5.76. The second-order valence-electron chi connectivity index (χ2n) is 5.52. The van der Waals surface area contributed by atoms with E-state index < -0.39 is 17.7 Å². The number of rotatable bonds is 3. The Kier molecular flexibility index (Phi) is 4.37. The van der Waals surface area contributed by atoms with Crippen molar-refractivity contribution < 1.29 is 19.4 Å². The van der Waals surface area contributed by atoms with Gasteiger partial charge in [-0.05, 0) is 39.5 Å². The van der Waals surface area contributed by atoms with Crippen molar-refractivity contribution in [1.29, 1.82) is 0 Å². The highest BCUT2D eigenvalue weighted by atomic mass is 16.6. The zero-order chi connectivity index (χ0) is 13.1. The molecule has 5 heteroatoms. The molecule has 0 bridgehead atoms. The normalized spacial score (nSPS) is 24.4. The van der Waals surface area contributed by atoms with Gasteiger partial charge in [0.25, 0.3) is 0 Å². The number of alkyl carbamates (subject to hydrolysis) is 1. The highest BCUT2D eigenvalue weighted by Gasteiger charge is 2.33. The number of hydrogen-bond acceptors (Lipinski definition) is 3. The van der Waals surface area contributed by atoms with Crippen LogP contribution in [0.15, 0.2) is 0 Å². The third kappa shape index (κ3) is 4.63. The predicted octanol–water partition coefficient (Wildman–Crippen LogP) is 2.01. The summed E-state index contributed by atoms with van der Waals surface area (Å²) in [6, 6.07) is 0. The van der Waals surface area contributed by atoms with Crippen LogP contribution in [0.25, 0.3) is 0 Å². The zero-order valence-corrected chi connectivity index (χ0v) is 10.7. The van der Waals surface area contributed by atoms with Gasteiger partial charge in [-0.25, -0.2) is 4.79 Å². The van der Waals surface area contributed by atoms with Crippen molar-refractivity contribution >= 4 is 12.1 Å². The van der Waals surface area contributed by atoms with Gasteiger partial charge < -0.3 is 15.2 Å². The molecule has 0 aromatic heterocycles. The topological polar surface area (TPSA) is 75.6 Å². The largest absolute Gasteiger partial charge is 0.481 e. The molecule has 0 aliphatic heterocycles. The van der Waals surface area contributed by atoms with Gasteiger partial charge in [-0.1, -0.05) is 6.42 Å². The van der Waals surface area contributed by atoms with Crippen LogP contribution in [0.5, 0.6) is 0 Å². The lowest BCUT2D eigenvalue weighted by molar-refractivity contribution is -0.142. The molecule has 1 aliphatic carbocycles. The van der Waals surface area contributed by atoms with Crippen molar-refractivity contribution in [1.82, 2.24) is 5.32 Å². The maximum atomic E-state index is 11.4. The van der Waals surface area contributed by atoms with Gasteiger partial charge >= 0.3 is 12.1 Å². The lowest BCUT2D eigenvalue weighted by Gasteiger charge is -2.21. The number of carbonyl (C=O) groups is 2. The van der Waals surface area contributed by atoms with Crippen LogP contribution in [0.1, 0.15) is 40.0 Å². The Hall–Kier alpha value is -1.26.